The van der Waals surface area contributed by atoms with Crippen LogP contribution in [0.2, 0.25) is 0 Å². The Morgan fingerprint density at radius 3 is 1.86 bits per heavy atom. The molecule has 0 aliphatic carbocycles. The van der Waals surface area contributed by atoms with Crippen molar-refractivity contribution in [2.24, 2.45) is 0 Å². The van der Waals surface area contributed by atoms with E-state index in [-0.39, 0.29) is 12.0 Å². The quantitative estimate of drug-likeness (QED) is 0.851. The Hall–Kier alpha value is -2.13. The Morgan fingerprint density at radius 2 is 1.38 bits per heavy atom. The first-order valence-electron chi connectivity index (χ1n) is 7.18. The smallest absolute Gasteiger partial charge is 0.321 e. The summed E-state index contributed by atoms with van der Waals surface area (Å²) in [4.78, 5) is 11.6. The van der Waals surface area contributed by atoms with Crippen molar-refractivity contribution in [3.63, 3.8) is 0 Å². The standard InChI is InChI=1S/C18H21NO2/c1-13(15-9-5-3-6-10-15)17(18(20)21)19-14(2)16-11-7-4-8-12-16/h3-14,17,19H,1-2H3,(H,20,21)/t13?,14?,17-/m0/s1. The van der Waals surface area contributed by atoms with Crippen molar-refractivity contribution in [2.75, 3.05) is 0 Å². The van der Waals surface area contributed by atoms with Crippen molar-refractivity contribution in [3.05, 3.63) is 71.8 Å². The maximum Gasteiger partial charge on any atom is 0.321 e. The number of carboxylic acids is 1. The molecule has 0 aliphatic rings. The zero-order chi connectivity index (χ0) is 15.2. The number of carboxylic acid groups (broad SMARTS) is 1. The molecule has 110 valence electrons. The SMILES string of the molecule is CC(N[C@H](C(=O)O)C(C)c1ccccc1)c1ccccc1. The largest absolute Gasteiger partial charge is 0.480 e. The maximum atomic E-state index is 11.6. The number of carbonyl (C=O) groups is 1. The Bertz CT molecular complexity index is 568. The number of hydrogen-bond donors (Lipinski definition) is 2. The average Bonchev–Trinajstić information content (AvgIpc) is 2.53. The summed E-state index contributed by atoms with van der Waals surface area (Å²) in [6.07, 6.45) is 0. The van der Waals surface area contributed by atoms with E-state index in [2.05, 4.69) is 5.32 Å². The molecule has 3 atom stereocenters. The topological polar surface area (TPSA) is 49.3 Å². The highest BCUT2D eigenvalue weighted by atomic mass is 16.4. The van der Waals surface area contributed by atoms with Crippen molar-refractivity contribution in [2.45, 2.75) is 31.8 Å². The third-order valence-corrected chi connectivity index (χ3v) is 3.82. The molecule has 0 bridgehead atoms. The Labute approximate surface area is 125 Å². The molecule has 2 N–H and O–H groups in total. The van der Waals surface area contributed by atoms with Crippen molar-refractivity contribution >= 4 is 5.97 Å². The Morgan fingerprint density at radius 1 is 0.905 bits per heavy atom. The third kappa shape index (κ3) is 3.92. The van der Waals surface area contributed by atoms with Crippen LogP contribution in [0.25, 0.3) is 0 Å². The van der Waals surface area contributed by atoms with Gasteiger partial charge in [-0.15, -0.1) is 0 Å². The highest BCUT2D eigenvalue weighted by molar-refractivity contribution is 5.75. The molecular weight excluding hydrogens is 262 g/mol. The molecule has 21 heavy (non-hydrogen) atoms. The first-order chi connectivity index (χ1) is 10.1. The Kier molecular flexibility index (Phi) is 5.12. The van der Waals surface area contributed by atoms with Crippen LogP contribution < -0.4 is 5.32 Å². The molecular formula is C18H21NO2. The van der Waals surface area contributed by atoms with Crippen LogP contribution in [-0.2, 0) is 4.79 Å². The van der Waals surface area contributed by atoms with Crippen LogP contribution in [0, 0.1) is 0 Å². The summed E-state index contributed by atoms with van der Waals surface area (Å²) >= 11 is 0. The summed E-state index contributed by atoms with van der Waals surface area (Å²) < 4.78 is 0. The van der Waals surface area contributed by atoms with E-state index in [0.29, 0.717) is 0 Å². The van der Waals surface area contributed by atoms with Crippen LogP contribution in [0.3, 0.4) is 0 Å². The van der Waals surface area contributed by atoms with Crippen molar-refractivity contribution in [1.29, 1.82) is 0 Å². The summed E-state index contributed by atoms with van der Waals surface area (Å²) in [5.41, 5.74) is 2.11. The van der Waals surface area contributed by atoms with Gasteiger partial charge in [0.1, 0.15) is 6.04 Å². The fourth-order valence-corrected chi connectivity index (χ4v) is 2.49. The second kappa shape index (κ2) is 7.04. The zero-order valence-corrected chi connectivity index (χ0v) is 12.4. The minimum Gasteiger partial charge on any atom is -0.480 e. The molecule has 0 saturated carbocycles. The van der Waals surface area contributed by atoms with Gasteiger partial charge in [0.15, 0.2) is 0 Å². The van der Waals surface area contributed by atoms with Crippen LogP contribution in [0.1, 0.15) is 36.9 Å². The summed E-state index contributed by atoms with van der Waals surface area (Å²) in [6.45, 7) is 3.93. The molecule has 3 heteroatoms. The zero-order valence-electron chi connectivity index (χ0n) is 12.4. The molecule has 3 nitrogen and oxygen atoms in total. The summed E-state index contributed by atoms with van der Waals surface area (Å²) in [7, 11) is 0. The lowest BCUT2D eigenvalue weighted by molar-refractivity contribution is -0.140. The van der Waals surface area contributed by atoms with Crippen LogP contribution >= 0.6 is 0 Å². The van der Waals surface area contributed by atoms with E-state index < -0.39 is 12.0 Å². The van der Waals surface area contributed by atoms with E-state index in [0.717, 1.165) is 11.1 Å². The van der Waals surface area contributed by atoms with Gasteiger partial charge in [-0.25, -0.2) is 0 Å². The molecule has 0 aromatic heterocycles. The van der Waals surface area contributed by atoms with E-state index in [9.17, 15) is 9.90 Å². The molecule has 0 fully saturated rings. The van der Waals surface area contributed by atoms with E-state index in [4.69, 9.17) is 0 Å². The van der Waals surface area contributed by atoms with E-state index in [1.807, 2.05) is 74.5 Å². The van der Waals surface area contributed by atoms with E-state index in [1.165, 1.54) is 0 Å². The first-order valence-corrected chi connectivity index (χ1v) is 7.18. The highest BCUT2D eigenvalue weighted by Gasteiger charge is 2.27. The van der Waals surface area contributed by atoms with Crippen LogP contribution in [0.4, 0.5) is 0 Å². The van der Waals surface area contributed by atoms with Gasteiger partial charge in [0.05, 0.1) is 0 Å². The van der Waals surface area contributed by atoms with Gasteiger partial charge in [0.2, 0.25) is 0 Å². The van der Waals surface area contributed by atoms with Gasteiger partial charge < -0.3 is 5.11 Å². The van der Waals surface area contributed by atoms with Crippen LogP contribution in [0.5, 0.6) is 0 Å². The fraction of sp³-hybridized carbons (Fsp3) is 0.278. The molecule has 2 unspecified atom stereocenters. The molecule has 2 aromatic rings. The average molecular weight is 283 g/mol. The molecule has 2 aromatic carbocycles. The number of aliphatic carboxylic acids is 1. The highest BCUT2D eigenvalue weighted by Crippen LogP contribution is 2.22. The molecule has 0 saturated heterocycles. The second-order valence-electron chi connectivity index (χ2n) is 5.31. The summed E-state index contributed by atoms with van der Waals surface area (Å²) in [5.74, 6) is -0.927. The van der Waals surface area contributed by atoms with Crippen LogP contribution in [-0.4, -0.2) is 17.1 Å². The van der Waals surface area contributed by atoms with E-state index in [1.54, 1.807) is 0 Å². The number of nitrogens with one attached hydrogen (secondary N) is 1. The number of benzene rings is 2. The van der Waals surface area contributed by atoms with Crippen molar-refractivity contribution < 1.29 is 9.90 Å². The molecule has 0 radical (unpaired) electrons. The Balaban J connectivity index is 2.15. The van der Waals surface area contributed by atoms with Gasteiger partial charge >= 0.3 is 5.97 Å². The number of hydrogen-bond acceptors (Lipinski definition) is 2. The van der Waals surface area contributed by atoms with E-state index >= 15 is 0 Å². The number of rotatable bonds is 6. The predicted molar refractivity (Wildman–Crippen MR) is 84.3 cm³/mol. The van der Waals surface area contributed by atoms with Gasteiger partial charge in [-0.2, -0.15) is 0 Å². The lowest BCUT2D eigenvalue weighted by Crippen LogP contribution is -2.42. The first kappa shape index (κ1) is 15.3. The summed E-state index contributed by atoms with van der Waals surface area (Å²) in [5, 5.41) is 12.8. The second-order valence-corrected chi connectivity index (χ2v) is 5.31. The van der Waals surface area contributed by atoms with Crippen molar-refractivity contribution in [3.8, 4) is 0 Å². The van der Waals surface area contributed by atoms with Gasteiger partial charge in [0.25, 0.3) is 0 Å². The van der Waals surface area contributed by atoms with Crippen molar-refractivity contribution in [1.82, 2.24) is 5.32 Å². The molecule has 0 heterocycles. The monoisotopic (exact) mass is 283 g/mol. The fourth-order valence-electron chi connectivity index (χ4n) is 2.49. The maximum absolute atomic E-state index is 11.6. The lowest BCUT2D eigenvalue weighted by Gasteiger charge is -2.26. The lowest BCUT2D eigenvalue weighted by atomic mass is 9.92. The van der Waals surface area contributed by atoms with Crippen LogP contribution in [0.15, 0.2) is 60.7 Å². The molecule has 0 spiro atoms. The minimum absolute atomic E-state index is 0.0153. The molecule has 0 aliphatic heterocycles. The molecule has 2 rings (SSSR count). The third-order valence-electron chi connectivity index (χ3n) is 3.82. The van der Waals surface area contributed by atoms with Gasteiger partial charge in [0, 0.05) is 12.0 Å². The predicted octanol–water partition coefficient (Wildman–Crippen LogP) is 3.59. The molecule has 0 amide bonds. The summed E-state index contributed by atoms with van der Waals surface area (Å²) in [6, 6.07) is 19.0. The minimum atomic E-state index is -0.825. The van der Waals surface area contributed by atoms with Gasteiger partial charge in [-0.3, -0.25) is 10.1 Å². The normalized spacial score (nSPS) is 15.1. The van der Waals surface area contributed by atoms with Gasteiger partial charge in [-0.1, -0.05) is 67.6 Å². The van der Waals surface area contributed by atoms with Gasteiger partial charge in [-0.05, 0) is 18.1 Å².